The van der Waals surface area contributed by atoms with Gasteiger partial charge in [-0.05, 0) is 31.1 Å². The van der Waals surface area contributed by atoms with E-state index >= 15 is 0 Å². The van der Waals surface area contributed by atoms with Crippen molar-refractivity contribution in [3.05, 3.63) is 22.0 Å². The number of hydrogen-bond acceptors (Lipinski definition) is 6. The number of urea groups is 1. The van der Waals surface area contributed by atoms with Crippen molar-refractivity contribution in [2.75, 3.05) is 31.2 Å². The van der Waals surface area contributed by atoms with Gasteiger partial charge in [-0.1, -0.05) is 6.92 Å². The molecule has 0 bridgehead atoms. The minimum absolute atomic E-state index is 0.0323. The van der Waals surface area contributed by atoms with Crippen LogP contribution >= 0.6 is 0 Å². The molecular weight excluding hydrogens is 404 g/mol. The van der Waals surface area contributed by atoms with Crippen molar-refractivity contribution in [2.45, 2.75) is 45.2 Å². The number of hydrogen-bond donors (Lipinski definition) is 3. The number of nitrogens with zero attached hydrogens (tertiary/aromatic N) is 4. The highest BCUT2D eigenvalue weighted by Gasteiger charge is 2.34. The Hall–Kier alpha value is -3.08. The number of carbonyl (C=O) groups is 2. The first kappa shape index (κ1) is 19.9. The average molecular weight is 430 g/mol. The second-order valence-electron chi connectivity index (χ2n) is 8.92. The van der Waals surface area contributed by atoms with Crippen molar-refractivity contribution < 1.29 is 19.4 Å². The summed E-state index contributed by atoms with van der Waals surface area (Å²) >= 11 is 0. The monoisotopic (exact) mass is 430 g/mol. The maximum atomic E-state index is 13.2. The molecule has 0 unspecified atom stereocenters. The Labute approximate surface area is 178 Å². The van der Waals surface area contributed by atoms with Crippen molar-refractivity contribution in [1.29, 1.82) is 0 Å². The molecule has 3 amide bonds. The smallest absolute Gasteiger partial charge is 0.323 e. The molecule has 3 N–H and O–H groups in total. The van der Waals surface area contributed by atoms with Gasteiger partial charge in [0.1, 0.15) is 5.65 Å². The van der Waals surface area contributed by atoms with E-state index in [4.69, 9.17) is 4.74 Å². The summed E-state index contributed by atoms with van der Waals surface area (Å²) in [6.45, 7) is 4.61. The van der Waals surface area contributed by atoms with E-state index in [2.05, 4.69) is 22.7 Å². The lowest BCUT2D eigenvalue weighted by Gasteiger charge is -2.34. The van der Waals surface area contributed by atoms with Crippen LogP contribution in [0.15, 0.2) is 10.9 Å². The lowest BCUT2D eigenvalue weighted by Crippen LogP contribution is -2.36. The largest absolute Gasteiger partial charge is 0.494 e. The topological polar surface area (TPSA) is 130 Å². The zero-order valence-corrected chi connectivity index (χ0v) is 17.4. The minimum atomic E-state index is -0.704. The predicted molar refractivity (Wildman–Crippen MR) is 111 cm³/mol. The molecule has 2 aromatic rings. The molecule has 2 aliphatic heterocycles. The van der Waals surface area contributed by atoms with Crippen LogP contribution in [0.2, 0.25) is 0 Å². The zero-order chi connectivity index (χ0) is 21.8. The summed E-state index contributed by atoms with van der Waals surface area (Å²) in [4.78, 5) is 39.5. The van der Waals surface area contributed by atoms with E-state index in [1.54, 1.807) is 10.6 Å². The summed E-state index contributed by atoms with van der Waals surface area (Å²) in [6.07, 6.45) is 3.28. The van der Waals surface area contributed by atoms with E-state index in [-0.39, 0.29) is 28.9 Å². The third-order valence-electron chi connectivity index (χ3n) is 6.35. The van der Waals surface area contributed by atoms with Gasteiger partial charge in [0, 0.05) is 45.0 Å². The zero-order valence-electron chi connectivity index (χ0n) is 17.4. The highest BCUT2D eigenvalue weighted by molar-refractivity contribution is 5.97. The highest BCUT2D eigenvalue weighted by Crippen LogP contribution is 2.35. The maximum Gasteiger partial charge on any atom is 0.323 e. The fourth-order valence-corrected chi connectivity index (χ4v) is 4.21. The number of rotatable bonds is 5. The summed E-state index contributed by atoms with van der Waals surface area (Å²) in [7, 11) is 0. The Morgan fingerprint density at radius 2 is 2.10 bits per heavy atom. The number of ether oxygens (including phenoxy) is 1. The van der Waals surface area contributed by atoms with Gasteiger partial charge in [0.15, 0.2) is 11.4 Å². The van der Waals surface area contributed by atoms with Crippen LogP contribution < -0.4 is 21.1 Å². The quantitative estimate of drug-likeness (QED) is 0.631. The first-order valence-electron chi connectivity index (χ1n) is 10.7. The van der Waals surface area contributed by atoms with E-state index in [1.165, 1.54) is 4.90 Å². The molecule has 2 saturated heterocycles. The molecule has 1 saturated carbocycles. The fraction of sp³-hybridized carbons (Fsp3) is 0.600. The van der Waals surface area contributed by atoms with Crippen LogP contribution in [0.25, 0.3) is 5.65 Å². The van der Waals surface area contributed by atoms with Gasteiger partial charge in [-0.3, -0.25) is 19.1 Å². The van der Waals surface area contributed by atoms with Crippen molar-refractivity contribution in [3.8, 4) is 5.88 Å². The molecule has 5 rings (SSSR count). The Bertz CT molecular complexity index is 1110. The van der Waals surface area contributed by atoms with Gasteiger partial charge in [-0.25, -0.2) is 4.79 Å². The van der Waals surface area contributed by atoms with E-state index in [9.17, 15) is 19.5 Å². The van der Waals surface area contributed by atoms with Gasteiger partial charge in [0.25, 0.3) is 11.5 Å². The summed E-state index contributed by atoms with van der Waals surface area (Å²) in [5, 5.41) is 20.9. The molecule has 3 fully saturated rings. The molecule has 0 aromatic carbocycles. The second kappa shape index (κ2) is 7.26. The first-order valence-corrected chi connectivity index (χ1v) is 10.7. The van der Waals surface area contributed by atoms with E-state index in [1.807, 2.05) is 0 Å². The van der Waals surface area contributed by atoms with Crippen molar-refractivity contribution in [1.82, 2.24) is 24.8 Å². The maximum absolute atomic E-state index is 13.2. The van der Waals surface area contributed by atoms with E-state index < -0.39 is 11.5 Å². The van der Waals surface area contributed by atoms with Gasteiger partial charge in [-0.15, -0.1) is 5.10 Å². The molecule has 3 aliphatic rings. The molecule has 166 valence electrons. The van der Waals surface area contributed by atoms with Crippen LogP contribution in [0.5, 0.6) is 5.88 Å². The van der Waals surface area contributed by atoms with Gasteiger partial charge in [0.2, 0.25) is 5.88 Å². The number of anilines is 1. The molecule has 31 heavy (non-hydrogen) atoms. The molecule has 2 aromatic heterocycles. The van der Waals surface area contributed by atoms with Crippen LogP contribution in [-0.2, 0) is 11.3 Å². The third-order valence-corrected chi connectivity index (χ3v) is 6.35. The second-order valence-corrected chi connectivity index (χ2v) is 8.92. The number of amides is 3. The SMILES string of the molecule is CC1(Cn2c(O)c(C(=O)NC3CC3)c(=O)n3nc(N4CCNC4=O)cc23)CCOCC1. The van der Waals surface area contributed by atoms with Gasteiger partial charge >= 0.3 is 6.03 Å². The van der Waals surface area contributed by atoms with Crippen molar-refractivity contribution in [2.24, 2.45) is 5.41 Å². The number of carbonyl (C=O) groups excluding carboxylic acids is 2. The normalized spacial score (nSPS) is 20.8. The first-order chi connectivity index (χ1) is 14.9. The Morgan fingerprint density at radius 1 is 1.35 bits per heavy atom. The average Bonchev–Trinajstić information content (AvgIpc) is 3.26. The van der Waals surface area contributed by atoms with E-state index in [0.717, 1.165) is 30.2 Å². The molecule has 0 atom stereocenters. The van der Waals surface area contributed by atoms with Gasteiger partial charge in [0.05, 0.1) is 0 Å². The lowest BCUT2D eigenvalue weighted by atomic mass is 9.82. The Balaban J connectivity index is 1.65. The van der Waals surface area contributed by atoms with Crippen LogP contribution in [-0.4, -0.2) is 63.6 Å². The molecule has 1 aliphatic carbocycles. The van der Waals surface area contributed by atoms with E-state index in [0.29, 0.717) is 44.3 Å². The third kappa shape index (κ3) is 3.52. The fourth-order valence-electron chi connectivity index (χ4n) is 4.21. The van der Waals surface area contributed by atoms with Gasteiger partial charge in [-0.2, -0.15) is 4.52 Å². The summed E-state index contributed by atoms with van der Waals surface area (Å²) in [5.74, 6) is -0.674. The molecule has 0 spiro atoms. The summed E-state index contributed by atoms with van der Waals surface area (Å²) < 4.78 is 8.17. The summed E-state index contributed by atoms with van der Waals surface area (Å²) in [5.41, 5.74) is -0.876. The highest BCUT2D eigenvalue weighted by atomic mass is 16.5. The van der Waals surface area contributed by atoms with Crippen molar-refractivity contribution >= 4 is 23.4 Å². The summed E-state index contributed by atoms with van der Waals surface area (Å²) in [6, 6.07) is 1.34. The number of aromatic hydroxyl groups is 1. The Kier molecular flexibility index (Phi) is 4.65. The molecule has 11 nitrogen and oxygen atoms in total. The van der Waals surface area contributed by atoms with Crippen molar-refractivity contribution in [3.63, 3.8) is 0 Å². The van der Waals surface area contributed by atoms with Crippen LogP contribution in [0.1, 0.15) is 43.0 Å². The standard InChI is InChI=1S/C20H26N6O5/c1-20(4-8-31-9-5-20)11-25-14-10-13(24-7-6-21-19(24)30)23-26(14)18(29)15(17(25)28)16(27)22-12-2-3-12/h10,12,28H,2-9,11H2,1H3,(H,21,30)(H,22,27). The van der Waals surface area contributed by atoms with Gasteiger partial charge < -0.3 is 20.5 Å². The lowest BCUT2D eigenvalue weighted by molar-refractivity contribution is 0.0149. The van der Waals surface area contributed by atoms with Crippen LogP contribution in [0.3, 0.4) is 0 Å². The van der Waals surface area contributed by atoms with Crippen LogP contribution in [0.4, 0.5) is 10.6 Å². The molecule has 11 heteroatoms. The predicted octanol–water partition coefficient (Wildman–Crippen LogP) is 0.440. The molecule has 0 radical (unpaired) electrons. The number of nitrogens with one attached hydrogen (secondary N) is 2. The number of fused-ring (bicyclic) bond motifs is 1. The number of aromatic nitrogens is 3. The Morgan fingerprint density at radius 3 is 2.74 bits per heavy atom. The molecule has 4 heterocycles. The van der Waals surface area contributed by atoms with Crippen LogP contribution in [0, 0.1) is 5.41 Å². The molecular formula is C20H26N6O5. The minimum Gasteiger partial charge on any atom is -0.494 e.